The molecule has 1 fully saturated rings. The second-order valence-electron chi connectivity index (χ2n) is 5.20. The summed E-state index contributed by atoms with van der Waals surface area (Å²) in [6.45, 7) is 3.48. The lowest BCUT2D eigenvalue weighted by Crippen LogP contribution is -2.30. The molecule has 5 nitrogen and oxygen atoms in total. The molecule has 0 unspecified atom stereocenters. The number of ether oxygens (including phenoxy) is 1. The lowest BCUT2D eigenvalue weighted by atomic mass is 9.87. The van der Waals surface area contributed by atoms with Gasteiger partial charge >= 0.3 is 6.09 Å². The maximum absolute atomic E-state index is 12.3. The van der Waals surface area contributed by atoms with Crippen LogP contribution in [0.25, 0.3) is 0 Å². The van der Waals surface area contributed by atoms with E-state index in [1.807, 2.05) is 0 Å². The Morgan fingerprint density at radius 2 is 2.15 bits per heavy atom. The van der Waals surface area contributed by atoms with Crippen LogP contribution in [0.5, 0.6) is 0 Å². The molecule has 2 rings (SSSR count). The molecule has 1 aromatic heterocycles. The van der Waals surface area contributed by atoms with Gasteiger partial charge in [-0.1, -0.05) is 13.3 Å². The Kier molecular flexibility index (Phi) is 4.95. The van der Waals surface area contributed by atoms with Gasteiger partial charge in [-0.25, -0.2) is 9.36 Å². The molecule has 0 atom stereocenters. The Morgan fingerprint density at radius 3 is 2.75 bits per heavy atom. The first-order valence-corrected chi connectivity index (χ1v) is 7.20. The van der Waals surface area contributed by atoms with Gasteiger partial charge in [-0.05, 0) is 43.2 Å². The third kappa shape index (κ3) is 3.10. The molecule has 1 saturated heterocycles. The van der Waals surface area contributed by atoms with Gasteiger partial charge in [-0.15, -0.1) is 0 Å². The summed E-state index contributed by atoms with van der Waals surface area (Å²) in [4.78, 5) is 23.4. The summed E-state index contributed by atoms with van der Waals surface area (Å²) in [5.41, 5.74) is 1.31. The van der Waals surface area contributed by atoms with Crippen molar-refractivity contribution in [2.75, 3.05) is 13.2 Å². The van der Waals surface area contributed by atoms with E-state index in [9.17, 15) is 9.59 Å². The van der Waals surface area contributed by atoms with Gasteiger partial charge in [0, 0.05) is 25.0 Å². The second kappa shape index (κ2) is 6.70. The average molecular weight is 279 g/mol. The van der Waals surface area contributed by atoms with E-state index >= 15 is 0 Å². The zero-order chi connectivity index (χ0) is 14.5. The number of aromatic nitrogens is 1. The molecule has 0 aromatic carbocycles. The number of hydrogen-bond acceptors (Lipinski definition) is 3. The van der Waals surface area contributed by atoms with Gasteiger partial charge in [0.05, 0.1) is 0 Å². The van der Waals surface area contributed by atoms with Crippen molar-refractivity contribution in [3.05, 3.63) is 33.7 Å². The molecule has 0 amide bonds. The predicted octanol–water partition coefficient (Wildman–Crippen LogP) is 2.61. The maximum Gasteiger partial charge on any atom is 0.418 e. The number of rotatable bonds is 4. The quantitative estimate of drug-likeness (QED) is 0.919. The molecule has 2 heterocycles. The van der Waals surface area contributed by atoms with Crippen molar-refractivity contribution >= 4 is 6.09 Å². The highest BCUT2D eigenvalue weighted by Crippen LogP contribution is 2.28. The summed E-state index contributed by atoms with van der Waals surface area (Å²) in [6, 6.07) is 1.80. The van der Waals surface area contributed by atoms with E-state index < -0.39 is 6.09 Å². The Hall–Kier alpha value is -1.62. The van der Waals surface area contributed by atoms with E-state index in [0.717, 1.165) is 35.8 Å². The van der Waals surface area contributed by atoms with Crippen LogP contribution in [0.2, 0.25) is 0 Å². The fourth-order valence-electron chi connectivity index (χ4n) is 2.74. The summed E-state index contributed by atoms with van der Waals surface area (Å²) in [5, 5.41) is 9.06. The van der Waals surface area contributed by atoms with Crippen molar-refractivity contribution in [1.82, 2.24) is 4.57 Å². The van der Waals surface area contributed by atoms with Crippen LogP contribution in [0.15, 0.2) is 17.1 Å². The predicted molar refractivity (Wildman–Crippen MR) is 75.5 cm³/mol. The number of carboxylic acid groups (broad SMARTS) is 1. The normalized spacial score (nSPS) is 16.2. The number of hydrogen-bond donors (Lipinski definition) is 1. The van der Waals surface area contributed by atoms with E-state index in [1.54, 1.807) is 6.07 Å². The maximum atomic E-state index is 12.3. The summed E-state index contributed by atoms with van der Waals surface area (Å²) >= 11 is 0. The van der Waals surface area contributed by atoms with Gasteiger partial charge in [0.25, 0.3) is 5.56 Å². The number of carbonyl (C=O) groups is 1. The van der Waals surface area contributed by atoms with Crippen LogP contribution in [0, 0.1) is 0 Å². The molecule has 110 valence electrons. The smallest absolute Gasteiger partial charge is 0.418 e. The Bertz CT molecular complexity index is 529. The van der Waals surface area contributed by atoms with Crippen molar-refractivity contribution in [2.45, 2.75) is 44.9 Å². The minimum absolute atomic E-state index is 0.312. The first kappa shape index (κ1) is 14.8. The van der Waals surface area contributed by atoms with Crippen LogP contribution in [-0.2, 0) is 11.2 Å². The highest BCUT2D eigenvalue weighted by molar-refractivity contribution is 5.68. The molecule has 5 heteroatoms. The zero-order valence-corrected chi connectivity index (χ0v) is 11.8. The van der Waals surface area contributed by atoms with E-state index in [-0.39, 0.29) is 5.56 Å². The molecule has 0 radical (unpaired) electrons. The van der Waals surface area contributed by atoms with Gasteiger partial charge in [0.1, 0.15) is 0 Å². The Labute approximate surface area is 118 Å². The topological polar surface area (TPSA) is 68.5 Å². The van der Waals surface area contributed by atoms with Gasteiger partial charge < -0.3 is 9.84 Å². The van der Waals surface area contributed by atoms with Crippen LogP contribution in [-0.4, -0.2) is 29.0 Å². The molecule has 1 aliphatic rings. The van der Waals surface area contributed by atoms with Crippen molar-refractivity contribution in [3.63, 3.8) is 0 Å². The molecule has 1 N–H and O–H groups in total. The van der Waals surface area contributed by atoms with E-state index in [2.05, 4.69) is 6.92 Å². The van der Waals surface area contributed by atoms with Crippen LogP contribution >= 0.6 is 0 Å². The molecular formula is C15H21NO4. The van der Waals surface area contributed by atoms with Crippen LogP contribution in [0.3, 0.4) is 0 Å². The molecule has 1 aromatic rings. The first-order chi connectivity index (χ1) is 9.65. The highest BCUT2D eigenvalue weighted by atomic mass is 16.5. The van der Waals surface area contributed by atoms with Crippen LogP contribution < -0.4 is 5.56 Å². The fourth-order valence-corrected chi connectivity index (χ4v) is 2.74. The monoisotopic (exact) mass is 279 g/mol. The van der Waals surface area contributed by atoms with Crippen molar-refractivity contribution < 1.29 is 14.6 Å². The van der Waals surface area contributed by atoms with E-state index in [4.69, 9.17) is 9.84 Å². The van der Waals surface area contributed by atoms with Gasteiger partial charge in [0.2, 0.25) is 0 Å². The molecule has 20 heavy (non-hydrogen) atoms. The van der Waals surface area contributed by atoms with Gasteiger partial charge in [0.15, 0.2) is 0 Å². The average Bonchev–Trinajstić information content (AvgIpc) is 2.46. The molecular weight excluding hydrogens is 258 g/mol. The molecule has 0 bridgehead atoms. The Balaban J connectivity index is 2.41. The molecule has 0 saturated carbocycles. The number of unbranched alkanes of at least 4 members (excludes halogenated alkanes) is 1. The lowest BCUT2D eigenvalue weighted by Gasteiger charge is -2.24. The molecule has 1 aliphatic heterocycles. The third-order valence-corrected chi connectivity index (χ3v) is 3.88. The van der Waals surface area contributed by atoms with Crippen molar-refractivity contribution in [1.29, 1.82) is 0 Å². The largest absolute Gasteiger partial charge is 0.464 e. The molecule has 0 spiro atoms. The van der Waals surface area contributed by atoms with Gasteiger partial charge in [-0.2, -0.15) is 0 Å². The SMILES string of the molecule is CCCCc1c(C2CCOCC2)ccn(C(=O)O)c1=O. The highest BCUT2D eigenvalue weighted by Gasteiger charge is 2.22. The minimum Gasteiger partial charge on any atom is -0.464 e. The van der Waals surface area contributed by atoms with E-state index in [1.165, 1.54) is 6.20 Å². The van der Waals surface area contributed by atoms with Crippen LogP contribution in [0.1, 0.15) is 49.7 Å². The molecule has 0 aliphatic carbocycles. The number of pyridine rings is 1. The lowest BCUT2D eigenvalue weighted by molar-refractivity contribution is 0.0851. The standard InChI is InChI=1S/C15H21NO4/c1-2-3-4-13-12(11-6-9-20-10-7-11)5-8-16(14(13)17)15(18)19/h5,8,11H,2-4,6-7,9-10H2,1H3,(H,18,19). The first-order valence-electron chi connectivity index (χ1n) is 7.20. The van der Waals surface area contributed by atoms with E-state index in [0.29, 0.717) is 31.1 Å². The fraction of sp³-hybridized carbons (Fsp3) is 0.600. The van der Waals surface area contributed by atoms with Gasteiger partial charge in [-0.3, -0.25) is 4.79 Å². The van der Waals surface area contributed by atoms with Crippen molar-refractivity contribution in [2.24, 2.45) is 0 Å². The Morgan fingerprint density at radius 1 is 1.45 bits per heavy atom. The summed E-state index contributed by atoms with van der Waals surface area (Å²) < 4.78 is 6.14. The minimum atomic E-state index is -1.22. The summed E-state index contributed by atoms with van der Waals surface area (Å²) in [6.07, 6.45) is 4.49. The third-order valence-electron chi connectivity index (χ3n) is 3.88. The summed E-state index contributed by atoms with van der Waals surface area (Å²) in [7, 11) is 0. The number of nitrogens with zero attached hydrogens (tertiary/aromatic N) is 1. The second-order valence-corrected chi connectivity index (χ2v) is 5.20. The van der Waals surface area contributed by atoms with Crippen LogP contribution in [0.4, 0.5) is 4.79 Å². The zero-order valence-electron chi connectivity index (χ0n) is 11.8. The summed E-state index contributed by atoms with van der Waals surface area (Å²) in [5.74, 6) is 0.312. The van der Waals surface area contributed by atoms with Crippen molar-refractivity contribution in [3.8, 4) is 0 Å².